The fourth-order valence-corrected chi connectivity index (χ4v) is 3.84. The SMILES string of the molecule is COc1ccc(C(=O)C=CNc2ccc(S(=O)(=O)Nc3ccc(C(C)=O)cc3)cc2)cc1. The van der Waals surface area contributed by atoms with Gasteiger partial charge in [0.15, 0.2) is 11.6 Å². The van der Waals surface area contributed by atoms with Crippen LogP contribution in [0.4, 0.5) is 11.4 Å². The van der Waals surface area contributed by atoms with E-state index in [4.69, 9.17) is 4.74 Å². The lowest BCUT2D eigenvalue weighted by Gasteiger charge is -2.09. The second kappa shape index (κ2) is 9.93. The van der Waals surface area contributed by atoms with Gasteiger partial charge in [-0.1, -0.05) is 0 Å². The molecule has 0 aliphatic carbocycles. The topological polar surface area (TPSA) is 102 Å². The zero-order chi connectivity index (χ0) is 23.1. The third-order valence-corrected chi connectivity index (χ3v) is 5.96. The minimum absolute atomic E-state index is 0.0805. The average molecular weight is 451 g/mol. The highest BCUT2D eigenvalue weighted by Gasteiger charge is 2.14. The summed E-state index contributed by atoms with van der Waals surface area (Å²) in [6.45, 7) is 1.44. The van der Waals surface area contributed by atoms with Crippen LogP contribution in [-0.4, -0.2) is 27.1 Å². The standard InChI is InChI=1S/C24H22N2O5S/c1-17(27)18-3-7-21(8-4-18)26-32(29,30)23-13-9-20(10-14-23)25-16-15-24(28)19-5-11-22(31-2)12-6-19/h3-16,25-26H,1-2H3. The third-order valence-electron chi connectivity index (χ3n) is 4.57. The van der Waals surface area contributed by atoms with Crippen molar-refractivity contribution >= 4 is 33.0 Å². The lowest BCUT2D eigenvalue weighted by molar-refractivity contribution is 0.101. The maximum atomic E-state index is 12.6. The second-order valence-corrected chi connectivity index (χ2v) is 8.52. The van der Waals surface area contributed by atoms with Crippen LogP contribution in [0.25, 0.3) is 0 Å². The lowest BCUT2D eigenvalue weighted by atomic mass is 10.1. The van der Waals surface area contributed by atoms with Crippen LogP contribution in [0, 0.1) is 0 Å². The number of allylic oxidation sites excluding steroid dienone is 1. The number of hydrogen-bond acceptors (Lipinski definition) is 6. The van der Waals surface area contributed by atoms with Crippen LogP contribution >= 0.6 is 0 Å². The Labute approximate surface area is 186 Å². The lowest BCUT2D eigenvalue weighted by Crippen LogP contribution is -2.13. The summed E-state index contributed by atoms with van der Waals surface area (Å²) < 4.78 is 32.7. The number of ether oxygens (including phenoxy) is 1. The van der Waals surface area contributed by atoms with Crippen LogP contribution in [0.5, 0.6) is 5.75 Å². The van der Waals surface area contributed by atoms with Crippen molar-refractivity contribution < 1.29 is 22.7 Å². The molecule has 0 unspecified atom stereocenters. The highest BCUT2D eigenvalue weighted by molar-refractivity contribution is 7.92. The van der Waals surface area contributed by atoms with Crippen molar-refractivity contribution in [2.75, 3.05) is 17.1 Å². The average Bonchev–Trinajstić information content (AvgIpc) is 2.79. The maximum Gasteiger partial charge on any atom is 0.261 e. The number of hydrogen-bond donors (Lipinski definition) is 2. The predicted octanol–water partition coefficient (Wildman–Crippen LogP) is 4.51. The minimum Gasteiger partial charge on any atom is -0.497 e. The molecule has 3 aromatic rings. The molecular weight excluding hydrogens is 428 g/mol. The molecule has 3 rings (SSSR count). The zero-order valence-corrected chi connectivity index (χ0v) is 18.3. The minimum atomic E-state index is -3.78. The zero-order valence-electron chi connectivity index (χ0n) is 17.5. The molecule has 0 aliphatic heterocycles. The number of ketones is 2. The van der Waals surface area contributed by atoms with Crippen molar-refractivity contribution in [3.63, 3.8) is 0 Å². The first-order valence-corrected chi connectivity index (χ1v) is 11.1. The Hall–Kier alpha value is -3.91. The first-order valence-electron chi connectivity index (χ1n) is 9.64. The molecule has 3 aromatic carbocycles. The van der Waals surface area contributed by atoms with E-state index in [2.05, 4.69) is 10.0 Å². The van der Waals surface area contributed by atoms with Crippen LogP contribution in [0.3, 0.4) is 0 Å². The summed E-state index contributed by atoms with van der Waals surface area (Å²) in [5.41, 5.74) is 2.00. The van der Waals surface area contributed by atoms with Crippen molar-refractivity contribution in [1.82, 2.24) is 0 Å². The summed E-state index contributed by atoms with van der Waals surface area (Å²) in [4.78, 5) is 23.6. The third kappa shape index (κ3) is 5.83. The Kier molecular flexibility index (Phi) is 7.07. The number of sulfonamides is 1. The van der Waals surface area contributed by atoms with E-state index in [0.717, 1.165) is 0 Å². The highest BCUT2D eigenvalue weighted by Crippen LogP contribution is 2.19. The van der Waals surface area contributed by atoms with Crippen LogP contribution in [-0.2, 0) is 10.0 Å². The summed E-state index contributed by atoms with van der Waals surface area (Å²) in [5.74, 6) is 0.392. The van der Waals surface area contributed by atoms with E-state index in [1.165, 1.54) is 43.5 Å². The van der Waals surface area contributed by atoms with E-state index in [1.807, 2.05) is 0 Å². The molecule has 0 aromatic heterocycles. The summed E-state index contributed by atoms with van der Waals surface area (Å²) in [6.07, 6.45) is 2.88. The van der Waals surface area contributed by atoms with Gasteiger partial charge in [-0.05, 0) is 79.7 Å². The fraction of sp³-hybridized carbons (Fsp3) is 0.0833. The Morgan fingerprint density at radius 2 is 1.38 bits per heavy atom. The molecule has 0 spiro atoms. The van der Waals surface area contributed by atoms with Gasteiger partial charge in [0, 0.05) is 34.8 Å². The van der Waals surface area contributed by atoms with E-state index in [-0.39, 0.29) is 16.5 Å². The van der Waals surface area contributed by atoms with E-state index in [1.54, 1.807) is 55.6 Å². The van der Waals surface area contributed by atoms with Crippen molar-refractivity contribution in [3.05, 3.63) is 96.2 Å². The first kappa shape index (κ1) is 22.8. The number of carbonyl (C=O) groups excluding carboxylic acids is 2. The van der Waals surface area contributed by atoms with Gasteiger partial charge < -0.3 is 10.1 Å². The van der Waals surface area contributed by atoms with Crippen LogP contribution in [0.15, 0.2) is 90.0 Å². The number of nitrogens with one attached hydrogen (secondary N) is 2. The van der Waals surface area contributed by atoms with Crippen molar-refractivity contribution in [2.24, 2.45) is 0 Å². The van der Waals surface area contributed by atoms with Gasteiger partial charge in [0.25, 0.3) is 10.0 Å². The molecule has 8 heteroatoms. The van der Waals surface area contributed by atoms with Gasteiger partial charge in [0.05, 0.1) is 12.0 Å². The largest absolute Gasteiger partial charge is 0.497 e. The number of carbonyl (C=O) groups is 2. The highest BCUT2D eigenvalue weighted by atomic mass is 32.2. The smallest absolute Gasteiger partial charge is 0.261 e. The Balaban J connectivity index is 1.61. The molecule has 0 fully saturated rings. The van der Waals surface area contributed by atoms with Gasteiger partial charge in [-0.25, -0.2) is 8.42 Å². The fourth-order valence-electron chi connectivity index (χ4n) is 2.78. The molecule has 7 nitrogen and oxygen atoms in total. The van der Waals surface area contributed by atoms with Gasteiger partial charge in [-0.15, -0.1) is 0 Å². The molecule has 0 amide bonds. The summed E-state index contributed by atoms with van der Waals surface area (Å²) in [6, 6.07) is 19.0. The van der Waals surface area contributed by atoms with Crippen LogP contribution in [0.2, 0.25) is 0 Å². The Bertz CT molecular complexity index is 1230. The molecule has 32 heavy (non-hydrogen) atoms. The number of anilines is 2. The van der Waals surface area contributed by atoms with Gasteiger partial charge in [0.2, 0.25) is 0 Å². The van der Waals surface area contributed by atoms with E-state index >= 15 is 0 Å². The molecule has 0 radical (unpaired) electrons. The number of methoxy groups -OCH3 is 1. The molecule has 0 aliphatic rings. The molecule has 0 saturated heterocycles. The van der Waals surface area contributed by atoms with Gasteiger partial charge in [-0.2, -0.15) is 0 Å². The first-order chi connectivity index (χ1) is 15.3. The number of benzene rings is 3. The van der Waals surface area contributed by atoms with Crippen LogP contribution in [0.1, 0.15) is 27.6 Å². The van der Waals surface area contributed by atoms with E-state index in [9.17, 15) is 18.0 Å². The summed E-state index contributed by atoms with van der Waals surface area (Å²) in [5, 5.41) is 2.94. The van der Waals surface area contributed by atoms with Crippen molar-refractivity contribution in [2.45, 2.75) is 11.8 Å². The molecule has 0 heterocycles. The molecule has 164 valence electrons. The normalized spacial score (nSPS) is 11.2. The van der Waals surface area contributed by atoms with E-state index in [0.29, 0.717) is 28.3 Å². The molecule has 0 bridgehead atoms. The molecule has 2 N–H and O–H groups in total. The second-order valence-electron chi connectivity index (χ2n) is 6.83. The maximum absolute atomic E-state index is 12.6. The summed E-state index contributed by atoms with van der Waals surface area (Å²) in [7, 11) is -2.23. The van der Waals surface area contributed by atoms with Crippen molar-refractivity contribution in [3.8, 4) is 5.75 Å². The van der Waals surface area contributed by atoms with Crippen LogP contribution < -0.4 is 14.8 Å². The summed E-state index contributed by atoms with van der Waals surface area (Å²) >= 11 is 0. The van der Waals surface area contributed by atoms with Crippen molar-refractivity contribution in [1.29, 1.82) is 0 Å². The number of rotatable bonds is 9. The Morgan fingerprint density at radius 3 is 1.94 bits per heavy atom. The monoisotopic (exact) mass is 450 g/mol. The molecular formula is C24H22N2O5S. The number of Topliss-reactive ketones (excluding diaryl/α,β-unsaturated/α-hetero) is 1. The predicted molar refractivity (Wildman–Crippen MR) is 124 cm³/mol. The van der Waals surface area contributed by atoms with Gasteiger partial charge in [0.1, 0.15) is 5.75 Å². The molecule has 0 saturated carbocycles. The van der Waals surface area contributed by atoms with Gasteiger partial charge in [-0.3, -0.25) is 14.3 Å². The quantitative estimate of drug-likeness (QED) is 0.367. The molecule has 0 atom stereocenters. The Morgan fingerprint density at radius 1 is 0.812 bits per heavy atom. The van der Waals surface area contributed by atoms with E-state index < -0.39 is 10.0 Å². The van der Waals surface area contributed by atoms with Gasteiger partial charge >= 0.3 is 0 Å².